The molecule has 0 amide bonds. The summed E-state index contributed by atoms with van der Waals surface area (Å²) in [6.07, 6.45) is 0. The number of hydrogen-bond donors (Lipinski definition) is 0. The van der Waals surface area contributed by atoms with Crippen LogP contribution in [0.1, 0.15) is 0 Å². The molecule has 28 heavy (non-hydrogen) atoms. The normalized spacial score (nSPS) is 11.0. The maximum atomic E-state index is 4.85. The Labute approximate surface area is 171 Å². The van der Waals surface area contributed by atoms with Crippen LogP contribution >= 0.6 is 15.9 Å². The number of benzene rings is 4. The van der Waals surface area contributed by atoms with Gasteiger partial charge in [-0.2, -0.15) is 0 Å². The van der Waals surface area contributed by atoms with Crippen LogP contribution in [0.25, 0.3) is 22.1 Å². The van der Waals surface area contributed by atoms with Gasteiger partial charge in [-0.3, -0.25) is 0 Å². The molecule has 0 N–H and O–H groups in total. The number of nitrogens with zero attached hydrogens (tertiary/aromatic N) is 3. The Balaban J connectivity index is 1.76. The van der Waals surface area contributed by atoms with Gasteiger partial charge >= 0.3 is 0 Å². The molecule has 1 aromatic heterocycles. The molecular formula is C24H16BrN3. The molecule has 0 aliphatic heterocycles. The minimum atomic E-state index is 0.861. The third-order valence-electron chi connectivity index (χ3n) is 4.67. The molecule has 5 rings (SSSR count). The molecule has 1 heterocycles. The summed E-state index contributed by atoms with van der Waals surface area (Å²) in [6, 6.07) is 32.8. The van der Waals surface area contributed by atoms with Crippen LogP contribution in [-0.4, -0.2) is 9.97 Å². The molecule has 134 valence electrons. The zero-order chi connectivity index (χ0) is 18.9. The van der Waals surface area contributed by atoms with Crippen molar-refractivity contribution < 1.29 is 0 Å². The Morgan fingerprint density at radius 1 is 0.536 bits per heavy atom. The molecule has 0 aliphatic rings. The van der Waals surface area contributed by atoms with E-state index in [0.29, 0.717) is 0 Å². The Morgan fingerprint density at radius 3 is 1.68 bits per heavy atom. The molecule has 0 saturated heterocycles. The van der Waals surface area contributed by atoms with E-state index >= 15 is 0 Å². The molecule has 0 bridgehead atoms. The standard InChI is InChI=1S/C24H16BrN3/c25-20-15-19(16-23-24(20)27-22-14-8-7-13-21(22)26-23)28(17-9-3-1-4-10-17)18-11-5-2-6-12-18/h1-16H. The van der Waals surface area contributed by atoms with Gasteiger partial charge in [0, 0.05) is 21.5 Å². The SMILES string of the molecule is Brc1cc(N(c2ccccc2)c2ccccc2)cc2nc3ccccc3nc12. The van der Waals surface area contributed by atoms with Gasteiger partial charge in [-0.15, -0.1) is 0 Å². The Morgan fingerprint density at radius 2 is 1.07 bits per heavy atom. The van der Waals surface area contributed by atoms with Crippen LogP contribution in [0.4, 0.5) is 17.1 Å². The van der Waals surface area contributed by atoms with E-state index in [1.165, 1.54) is 0 Å². The molecule has 0 saturated carbocycles. The number of fused-ring (bicyclic) bond motifs is 2. The van der Waals surface area contributed by atoms with Gasteiger partial charge in [-0.1, -0.05) is 48.5 Å². The smallest absolute Gasteiger partial charge is 0.104 e. The molecule has 0 radical (unpaired) electrons. The first-order chi connectivity index (χ1) is 13.8. The molecule has 0 spiro atoms. The number of halogens is 1. The summed E-state index contributed by atoms with van der Waals surface area (Å²) in [5.41, 5.74) is 6.73. The molecule has 0 aliphatic carbocycles. The number of hydrogen-bond acceptors (Lipinski definition) is 3. The third-order valence-corrected chi connectivity index (χ3v) is 5.27. The molecule has 0 fully saturated rings. The average molecular weight is 426 g/mol. The topological polar surface area (TPSA) is 29.0 Å². The summed E-state index contributed by atoms with van der Waals surface area (Å²) < 4.78 is 0.926. The number of aromatic nitrogens is 2. The monoisotopic (exact) mass is 425 g/mol. The second kappa shape index (κ2) is 7.06. The van der Waals surface area contributed by atoms with Crippen molar-refractivity contribution in [3.05, 3.63) is 102 Å². The fourth-order valence-electron chi connectivity index (χ4n) is 3.40. The van der Waals surface area contributed by atoms with Crippen LogP contribution in [0.5, 0.6) is 0 Å². The fraction of sp³-hybridized carbons (Fsp3) is 0. The maximum Gasteiger partial charge on any atom is 0.104 e. The Hall–Kier alpha value is -3.24. The van der Waals surface area contributed by atoms with Crippen LogP contribution in [-0.2, 0) is 0 Å². The van der Waals surface area contributed by atoms with Crippen molar-refractivity contribution in [1.82, 2.24) is 9.97 Å². The van der Waals surface area contributed by atoms with E-state index in [0.717, 1.165) is 43.6 Å². The lowest BCUT2D eigenvalue weighted by atomic mass is 10.1. The van der Waals surface area contributed by atoms with Crippen LogP contribution in [0.3, 0.4) is 0 Å². The summed E-state index contributed by atoms with van der Waals surface area (Å²) in [4.78, 5) is 11.9. The summed E-state index contributed by atoms with van der Waals surface area (Å²) in [6.45, 7) is 0. The van der Waals surface area contributed by atoms with Gasteiger partial charge in [0.15, 0.2) is 0 Å². The second-order valence-electron chi connectivity index (χ2n) is 6.51. The van der Waals surface area contributed by atoms with Gasteiger partial charge in [0.1, 0.15) is 5.52 Å². The van der Waals surface area contributed by atoms with Crippen molar-refractivity contribution in [3.8, 4) is 0 Å². The summed E-state index contributed by atoms with van der Waals surface area (Å²) in [5, 5.41) is 0. The van der Waals surface area contributed by atoms with Gasteiger partial charge in [0.2, 0.25) is 0 Å². The van der Waals surface area contributed by atoms with Crippen molar-refractivity contribution in [3.63, 3.8) is 0 Å². The highest BCUT2D eigenvalue weighted by Crippen LogP contribution is 2.38. The minimum absolute atomic E-state index is 0.861. The molecule has 4 heteroatoms. The summed E-state index contributed by atoms with van der Waals surface area (Å²) >= 11 is 3.72. The van der Waals surface area contributed by atoms with Crippen molar-refractivity contribution in [2.45, 2.75) is 0 Å². The molecule has 0 unspecified atom stereocenters. The molecular weight excluding hydrogens is 410 g/mol. The van der Waals surface area contributed by atoms with Gasteiger partial charge in [-0.25, -0.2) is 9.97 Å². The Kier molecular flexibility index (Phi) is 4.26. The van der Waals surface area contributed by atoms with E-state index in [4.69, 9.17) is 9.97 Å². The van der Waals surface area contributed by atoms with Crippen LogP contribution < -0.4 is 4.90 Å². The number of anilines is 3. The van der Waals surface area contributed by atoms with E-state index in [1.807, 2.05) is 36.4 Å². The molecule has 5 aromatic rings. The van der Waals surface area contributed by atoms with Gasteiger partial charge in [0.05, 0.1) is 16.6 Å². The average Bonchev–Trinajstić information content (AvgIpc) is 2.74. The quantitative estimate of drug-likeness (QED) is 0.291. The van der Waals surface area contributed by atoms with Crippen molar-refractivity contribution in [2.24, 2.45) is 0 Å². The summed E-state index contributed by atoms with van der Waals surface area (Å²) in [7, 11) is 0. The highest BCUT2D eigenvalue weighted by Gasteiger charge is 2.15. The van der Waals surface area contributed by atoms with E-state index in [1.54, 1.807) is 0 Å². The van der Waals surface area contributed by atoms with Crippen LogP contribution in [0.2, 0.25) is 0 Å². The molecule has 3 nitrogen and oxygen atoms in total. The number of rotatable bonds is 3. The van der Waals surface area contributed by atoms with E-state index in [9.17, 15) is 0 Å². The zero-order valence-corrected chi connectivity index (χ0v) is 16.5. The van der Waals surface area contributed by atoms with Crippen molar-refractivity contribution in [2.75, 3.05) is 4.90 Å². The lowest BCUT2D eigenvalue weighted by molar-refractivity contribution is 1.28. The lowest BCUT2D eigenvalue weighted by Gasteiger charge is -2.25. The van der Waals surface area contributed by atoms with Crippen molar-refractivity contribution >= 4 is 55.1 Å². The second-order valence-corrected chi connectivity index (χ2v) is 7.37. The van der Waals surface area contributed by atoms with E-state index < -0.39 is 0 Å². The zero-order valence-electron chi connectivity index (χ0n) is 15.0. The lowest BCUT2D eigenvalue weighted by Crippen LogP contribution is -2.10. The maximum absolute atomic E-state index is 4.85. The number of para-hydroxylation sites is 4. The predicted molar refractivity (Wildman–Crippen MR) is 119 cm³/mol. The highest BCUT2D eigenvalue weighted by molar-refractivity contribution is 9.10. The van der Waals surface area contributed by atoms with Gasteiger partial charge < -0.3 is 4.90 Å². The minimum Gasteiger partial charge on any atom is -0.310 e. The van der Waals surface area contributed by atoms with E-state index in [2.05, 4.69) is 81.5 Å². The highest BCUT2D eigenvalue weighted by atomic mass is 79.9. The largest absolute Gasteiger partial charge is 0.310 e. The first kappa shape index (κ1) is 16.9. The molecule has 4 aromatic carbocycles. The fourth-order valence-corrected chi connectivity index (χ4v) is 3.93. The van der Waals surface area contributed by atoms with Crippen LogP contribution in [0.15, 0.2) is 102 Å². The predicted octanol–water partition coefficient (Wildman–Crippen LogP) is 7.02. The summed E-state index contributed by atoms with van der Waals surface area (Å²) in [5.74, 6) is 0. The molecule has 0 atom stereocenters. The first-order valence-corrected chi connectivity index (χ1v) is 9.85. The Bertz CT molecular complexity index is 1230. The van der Waals surface area contributed by atoms with Crippen LogP contribution in [0, 0.1) is 0 Å². The van der Waals surface area contributed by atoms with Gasteiger partial charge in [0.25, 0.3) is 0 Å². The first-order valence-electron chi connectivity index (χ1n) is 9.06. The third kappa shape index (κ3) is 3.02. The van der Waals surface area contributed by atoms with Gasteiger partial charge in [-0.05, 0) is 64.5 Å². The van der Waals surface area contributed by atoms with E-state index in [-0.39, 0.29) is 0 Å². The van der Waals surface area contributed by atoms with Crippen molar-refractivity contribution in [1.29, 1.82) is 0 Å².